The Hall–Kier alpha value is -1.09. The number of aromatic nitrogens is 1. The van der Waals surface area contributed by atoms with Crippen LogP contribution < -0.4 is 10.2 Å². The van der Waals surface area contributed by atoms with Gasteiger partial charge in [-0.3, -0.25) is 0 Å². The number of hydrogen-bond acceptors (Lipinski definition) is 3. The van der Waals surface area contributed by atoms with Gasteiger partial charge in [-0.2, -0.15) is 0 Å². The van der Waals surface area contributed by atoms with E-state index in [1.54, 1.807) is 0 Å². The smallest absolute Gasteiger partial charge is 0.128 e. The Morgan fingerprint density at radius 2 is 2.06 bits per heavy atom. The highest BCUT2D eigenvalue weighted by atomic mass is 15.2. The summed E-state index contributed by atoms with van der Waals surface area (Å²) in [5.74, 6) is 1.05. The summed E-state index contributed by atoms with van der Waals surface area (Å²) in [5.41, 5.74) is 1.23. The Bertz CT molecular complexity index is 321. The van der Waals surface area contributed by atoms with Gasteiger partial charge in [0.25, 0.3) is 0 Å². The fourth-order valence-corrected chi connectivity index (χ4v) is 1.87. The summed E-state index contributed by atoms with van der Waals surface area (Å²) < 4.78 is 0. The summed E-state index contributed by atoms with van der Waals surface area (Å²) in [4.78, 5) is 6.78. The minimum Gasteiger partial charge on any atom is -0.357 e. The van der Waals surface area contributed by atoms with E-state index in [1.165, 1.54) is 18.4 Å². The molecule has 1 rings (SSSR count). The maximum absolute atomic E-state index is 4.54. The summed E-state index contributed by atoms with van der Waals surface area (Å²) in [7, 11) is 4.08. The lowest BCUT2D eigenvalue weighted by Crippen LogP contribution is -2.29. The van der Waals surface area contributed by atoms with Gasteiger partial charge >= 0.3 is 0 Å². The largest absolute Gasteiger partial charge is 0.357 e. The third kappa shape index (κ3) is 3.70. The highest BCUT2D eigenvalue weighted by molar-refractivity contribution is 5.39. The van der Waals surface area contributed by atoms with Gasteiger partial charge < -0.3 is 10.2 Å². The molecule has 3 heteroatoms. The molecule has 1 heterocycles. The molecule has 0 aromatic carbocycles. The van der Waals surface area contributed by atoms with E-state index >= 15 is 0 Å². The molecule has 0 saturated heterocycles. The van der Waals surface area contributed by atoms with Crippen LogP contribution >= 0.6 is 0 Å². The standard InChI is InChI=1S/C14H25N3/c1-6-7-11(2)17(5)14-9-8-13(10-16-14)12(3)15-4/h8-12,15H,6-7H2,1-5H3. The van der Waals surface area contributed by atoms with Crippen molar-refractivity contribution in [2.75, 3.05) is 19.0 Å². The maximum Gasteiger partial charge on any atom is 0.128 e. The molecule has 17 heavy (non-hydrogen) atoms. The van der Waals surface area contributed by atoms with E-state index in [0.29, 0.717) is 12.1 Å². The number of anilines is 1. The molecule has 1 aromatic heterocycles. The van der Waals surface area contributed by atoms with Gasteiger partial charge in [-0.15, -0.1) is 0 Å². The van der Waals surface area contributed by atoms with Crippen LogP contribution in [0.4, 0.5) is 5.82 Å². The van der Waals surface area contributed by atoms with Gasteiger partial charge in [0.1, 0.15) is 5.82 Å². The van der Waals surface area contributed by atoms with Gasteiger partial charge in [0.05, 0.1) is 0 Å². The fourth-order valence-electron chi connectivity index (χ4n) is 1.87. The number of nitrogens with zero attached hydrogens (tertiary/aromatic N) is 2. The molecule has 1 aromatic rings. The van der Waals surface area contributed by atoms with Crippen molar-refractivity contribution < 1.29 is 0 Å². The van der Waals surface area contributed by atoms with Crippen LogP contribution in [0.1, 0.15) is 45.2 Å². The van der Waals surface area contributed by atoms with Crippen molar-refractivity contribution in [1.29, 1.82) is 0 Å². The van der Waals surface area contributed by atoms with Crippen LogP contribution in [0.3, 0.4) is 0 Å². The second-order valence-corrected chi connectivity index (χ2v) is 4.71. The monoisotopic (exact) mass is 235 g/mol. The lowest BCUT2D eigenvalue weighted by atomic mass is 10.1. The van der Waals surface area contributed by atoms with Gasteiger partial charge in [-0.05, 0) is 38.9 Å². The van der Waals surface area contributed by atoms with Gasteiger partial charge in [-0.1, -0.05) is 19.4 Å². The fraction of sp³-hybridized carbons (Fsp3) is 0.643. The van der Waals surface area contributed by atoms with Crippen molar-refractivity contribution in [2.45, 2.75) is 45.7 Å². The minimum absolute atomic E-state index is 0.356. The average molecular weight is 235 g/mol. The van der Waals surface area contributed by atoms with Crippen molar-refractivity contribution in [1.82, 2.24) is 10.3 Å². The van der Waals surface area contributed by atoms with Gasteiger partial charge in [0, 0.05) is 25.3 Å². The van der Waals surface area contributed by atoms with Crippen molar-refractivity contribution in [3.63, 3.8) is 0 Å². The molecule has 0 radical (unpaired) electrons. The first-order chi connectivity index (χ1) is 8.10. The van der Waals surface area contributed by atoms with Crippen LogP contribution in [0.5, 0.6) is 0 Å². The molecule has 0 amide bonds. The van der Waals surface area contributed by atoms with Crippen LogP contribution in [0.2, 0.25) is 0 Å². The van der Waals surface area contributed by atoms with E-state index in [-0.39, 0.29) is 0 Å². The van der Waals surface area contributed by atoms with E-state index in [4.69, 9.17) is 0 Å². The van der Waals surface area contributed by atoms with Crippen LogP contribution in [0, 0.1) is 0 Å². The summed E-state index contributed by atoms with van der Waals surface area (Å²) in [6.45, 7) is 6.60. The number of pyridine rings is 1. The number of hydrogen-bond donors (Lipinski definition) is 1. The molecule has 3 nitrogen and oxygen atoms in total. The van der Waals surface area contributed by atoms with E-state index in [2.05, 4.69) is 55.2 Å². The van der Waals surface area contributed by atoms with Crippen LogP contribution in [-0.4, -0.2) is 25.1 Å². The normalized spacial score (nSPS) is 14.4. The zero-order valence-electron chi connectivity index (χ0n) is 11.7. The molecular formula is C14H25N3. The molecule has 0 spiro atoms. The Morgan fingerprint density at radius 1 is 1.35 bits per heavy atom. The Labute approximate surface area is 105 Å². The molecule has 0 fully saturated rings. The van der Waals surface area contributed by atoms with Gasteiger partial charge in [-0.25, -0.2) is 4.98 Å². The molecule has 0 bridgehead atoms. The minimum atomic E-state index is 0.356. The van der Waals surface area contributed by atoms with Crippen molar-refractivity contribution in [2.24, 2.45) is 0 Å². The van der Waals surface area contributed by atoms with E-state index in [0.717, 1.165) is 5.82 Å². The number of nitrogens with one attached hydrogen (secondary N) is 1. The zero-order chi connectivity index (χ0) is 12.8. The summed E-state index contributed by atoms with van der Waals surface area (Å²) >= 11 is 0. The second kappa shape index (κ2) is 6.60. The molecule has 1 N–H and O–H groups in total. The quantitative estimate of drug-likeness (QED) is 0.821. The third-order valence-electron chi connectivity index (χ3n) is 3.43. The summed E-state index contributed by atoms with van der Waals surface area (Å²) in [6, 6.07) is 5.16. The highest BCUT2D eigenvalue weighted by Gasteiger charge is 2.10. The zero-order valence-corrected chi connectivity index (χ0v) is 11.7. The van der Waals surface area contributed by atoms with E-state index in [9.17, 15) is 0 Å². The lowest BCUT2D eigenvalue weighted by molar-refractivity contribution is 0.609. The van der Waals surface area contributed by atoms with E-state index in [1.807, 2.05) is 13.2 Å². The molecule has 2 atom stereocenters. The Balaban J connectivity index is 2.73. The molecule has 0 aliphatic heterocycles. The average Bonchev–Trinajstić information content (AvgIpc) is 2.37. The highest BCUT2D eigenvalue weighted by Crippen LogP contribution is 2.17. The second-order valence-electron chi connectivity index (χ2n) is 4.71. The molecule has 0 saturated carbocycles. The lowest BCUT2D eigenvalue weighted by Gasteiger charge is -2.26. The first kappa shape index (κ1) is 14.0. The third-order valence-corrected chi connectivity index (χ3v) is 3.43. The molecule has 96 valence electrons. The van der Waals surface area contributed by atoms with Crippen molar-refractivity contribution in [3.05, 3.63) is 23.9 Å². The maximum atomic E-state index is 4.54. The Morgan fingerprint density at radius 3 is 2.53 bits per heavy atom. The number of rotatable bonds is 6. The first-order valence-electron chi connectivity index (χ1n) is 6.46. The van der Waals surface area contributed by atoms with Crippen molar-refractivity contribution in [3.8, 4) is 0 Å². The van der Waals surface area contributed by atoms with Crippen LogP contribution in [-0.2, 0) is 0 Å². The summed E-state index contributed by atoms with van der Waals surface area (Å²) in [6.07, 6.45) is 4.37. The molecule has 2 unspecified atom stereocenters. The van der Waals surface area contributed by atoms with Gasteiger partial charge in [0.15, 0.2) is 0 Å². The SMILES string of the molecule is CCCC(C)N(C)c1ccc(C(C)NC)cn1. The topological polar surface area (TPSA) is 28.2 Å². The van der Waals surface area contributed by atoms with Gasteiger partial charge in [0.2, 0.25) is 0 Å². The molecule has 0 aliphatic rings. The van der Waals surface area contributed by atoms with E-state index < -0.39 is 0 Å². The van der Waals surface area contributed by atoms with Crippen LogP contribution in [0.15, 0.2) is 18.3 Å². The predicted molar refractivity (Wildman–Crippen MR) is 74.5 cm³/mol. The Kier molecular flexibility index (Phi) is 5.42. The first-order valence-corrected chi connectivity index (χ1v) is 6.46. The van der Waals surface area contributed by atoms with Crippen LogP contribution in [0.25, 0.3) is 0 Å². The molecule has 0 aliphatic carbocycles. The predicted octanol–water partition coefficient (Wildman–Crippen LogP) is 2.99. The molecular weight excluding hydrogens is 210 g/mol. The van der Waals surface area contributed by atoms with Crippen molar-refractivity contribution >= 4 is 5.82 Å². The summed E-state index contributed by atoms with van der Waals surface area (Å²) in [5, 5.41) is 3.22.